The molecule has 0 rings (SSSR count). The second-order valence-corrected chi connectivity index (χ2v) is 19.7. The predicted molar refractivity (Wildman–Crippen MR) is 268 cm³/mol. The van der Waals surface area contributed by atoms with Crippen LogP contribution in [0.3, 0.4) is 0 Å². The first-order valence-electron chi connectivity index (χ1n) is 23.5. The number of hydrogen-bond donors (Lipinski definition) is 15. The average Bonchev–Trinajstić information content (AvgIpc) is 3.31. The number of aliphatic hydroxyl groups is 1. The highest BCUT2D eigenvalue weighted by Crippen LogP contribution is 2.12. The summed E-state index contributed by atoms with van der Waals surface area (Å²) in [6.45, 7) is 5.84. The molecule has 0 aromatic heterocycles. The van der Waals surface area contributed by atoms with Crippen LogP contribution in [0.5, 0.6) is 0 Å². The van der Waals surface area contributed by atoms with Crippen LogP contribution in [0.1, 0.15) is 92.4 Å². The van der Waals surface area contributed by atoms with E-state index >= 15 is 0 Å². The minimum Gasteiger partial charge on any atom is -0.481 e. The van der Waals surface area contributed by atoms with Gasteiger partial charge >= 0.3 is 23.9 Å². The van der Waals surface area contributed by atoms with Crippen LogP contribution in [0.4, 0.5) is 0 Å². The minimum absolute atomic E-state index is 0.0168. The van der Waals surface area contributed by atoms with Crippen molar-refractivity contribution >= 4 is 101 Å². The molecule has 0 aliphatic heterocycles. The SMILES string of the molecule is CSCC[C@H](NC(=O)[C@H](CC(C)C)NC(=O)[C@H](CCC(=O)O)NC(=O)[C@H](C)NC(=O)[C@H](CCSC)NC(=O)[C@@H](N)CCC(=O)O)C(=O)N[C@H](C(=O)N[C@@H](CO)C(=O)N[C@@H](CCC(=O)O)C(=O)NCC(=O)O)C(C)C. The van der Waals surface area contributed by atoms with E-state index in [1.165, 1.54) is 44.3 Å². The van der Waals surface area contributed by atoms with Crippen LogP contribution in [0.2, 0.25) is 0 Å². The van der Waals surface area contributed by atoms with Gasteiger partial charge in [0.15, 0.2) is 0 Å². The van der Waals surface area contributed by atoms with Crippen molar-refractivity contribution in [2.45, 2.75) is 147 Å². The second kappa shape index (κ2) is 35.8. The Morgan fingerprint density at radius 3 is 1.26 bits per heavy atom. The Balaban J connectivity index is 6.37. The normalized spacial score (nSPS) is 14.7. The van der Waals surface area contributed by atoms with Crippen molar-refractivity contribution in [2.24, 2.45) is 17.6 Å². The average molecular weight is 1100 g/mol. The molecule has 0 saturated heterocycles. The van der Waals surface area contributed by atoms with E-state index < -0.39 is 183 Å². The van der Waals surface area contributed by atoms with Crippen LogP contribution in [0, 0.1) is 11.8 Å². The molecule has 0 aromatic rings. The van der Waals surface area contributed by atoms with Gasteiger partial charge in [-0.3, -0.25) is 62.3 Å². The van der Waals surface area contributed by atoms with E-state index in [9.17, 15) is 72.5 Å². The van der Waals surface area contributed by atoms with Gasteiger partial charge in [-0.25, -0.2) is 0 Å². The first-order chi connectivity index (χ1) is 34.6. The molecule has 30 heteroatoms. The van der Waals surface area contributed by atoms with Gasteiger partial charge in [-0.1, -0.05) is 27.7 Å². The summed E-state index contributed by atoms with van der Waals surface area (Å²) in [6, 6.07) is -12.9. The molecule has 0 unspecified atom stereocenters. The first-order valence-corrected chi connectivity index (χ1v) is 26.3. The zero-order chi connectivity index (χ0) is 56.8. The number of amides is 9. The Labute approximate surface area is 436 Å². The lowest BCUT2D eigenvalue weighted by molar-refractivity contribution is -0.140. The molecule has 0 aromatic carbocycles. The number of aliphatic carboxylic acids is 4. The van der Waals surface area contributed by atoms with Gasteiger partial charge in [0, 0.05) is 19.3 Å². The fourth-order valence-electron chi connectivity index (χ4n) is 6.50. The lowest BCUT2D eigenvalue weighted by Gasteiger charge is -2.29. The van der Waals surface area contributed by atoms with Crippen LogP contribution in [-0.4, -0.2) is 194 Å². The van der Waals surface area contributed by atoms with Gasteiger partial charge in [-0.2, -0.15) is 23.5 Å². The summed E-state index contributed by atoms with van der Waals surface area (Å²) in [7, 11) is 0. The third-order valence-electron chi connectivity index (χ3n) is 10.6. The van der Waals surface area contributed by atoms with Crippen LogP contribution in [-0.2, 0) is 62.3 Å². The Kier molecular flexibility index (Phi) is 32.8. The molecule has 0 bridgehead atoms. The standard InChI is InChI=1S/C44H74N10O18S2/c1-21(2)18-29(52-40(68)26(10-13-33(60)61)48-36(64)23(5)47-39(67)27(14-16-73-6)49-37(65)24(45)8-11-31(56)57)42(70)51-28(15-17-74-7)41(69)54-35(22(3)4)44(72)53-30(20-55)43(71)50-25(9-12-32(58)59)38(66)46-19-34(62)63/h21-30,35,55H,8-20,45H2,1-7H3,(H,46,66)(H,47,67)(H,48,64)(H,49,65)(H,50,71)(H,51,70)(H,52,68)(H,53,72)(H,54,69)(H,56,57)(H,58,59)(H,60,61)(H,62,63)/t23-,24-,25-,26-,27-,28-,29-,30-,35-/m0/s1. The zero-order valence-corrected chi connectivity index (χ0v) is 44.1. The first kappa shape index (κ1) is 67.7. The van der Waals surface area contributed by atoms with Crippen molar-refractivity contribution in [3.8, 4) is 0 Å². The maximum Gasteiger partial charge on any atom is 0.322 e. The van der Waals surface area contributed by atoms with Crippen molar-refractivity contribution in [3.63, 3.8) is 0 Å². The zero-order valence-electron chi connectivity index (χ0n) is 42.5. The number of carboxylic acids is 4. The molecule has 28 nitrogen and oxygen atoms in total. The maximum atomic E-state index is 14.0. The Hall–Kier alpha value is -6.27. The molecule has 9 atom stereocenters. The maximum absolute atomic E-state index is 14.0. The number of nitrogens with two attached hydrogens (primary N) is 1. The molecular weight excluding hydrogens is 1020 g/mol. The van der Waals surface area contributed by atoms with E-state index in [-0.39, 0.29) is 37.4 Å². The number of carbonyl (C=O) groups excluding carboxylic acids is 9. The third-order valence-corrected chi connectivity index (χ3v) is 11.9. The molecule has 0 spiro atoms. The molecule has 0 fully saturated rings. The Bertz CT molecular complexity index is 1960. The number of carboxylic acid groups (broad SMARTS) is 4. The monoisotopic (exact) mass is 1090 g/mol. The highest BCUT2D eigenvalue weighted by Gasteiger charge is 2.36. The van der Waals surface area contributed by atoms with E-state index in [1.54, 1.807) is 26.4 Å². The Morgan fingerprint density at radius 2 is 0.811 bits per heavy atom. The number of carbonyl (C=O) groups is 13. The number of nitrogens with one attached hydrogen (secondary N) is 9. The quantitative estimate of drug-likeness (QED) is 0.0282. The van der Waals surface area contributed by atoms with Crippen LogP contribution in [0.15, 0.2) is 0 Å². The molecule has 74 heavy (non-hydrogen) atoms. The molecule has 0 aliphatic carbocycles. The van der Waals surface area contributed by atoms with Gasteiger partial charge in [0.1, 0.15) is 54.9 Å². The van der Waals surface area contributed by atoms with Gasteiger partial charge in [0.05, 0.1) is 12.6 Å². The number of aliphatic hydroxyl groups excluding tert-OH is 1. The van der Waals surface area contributed by atoms with Crippen molar-refractivity contribution in [2.75, 3.05) is 37.2 Å². The largest absolute Gasteiger partial charge is 0.481 e. The lowest BCUT2D eigenvalue weighted by atomic mass is 10.0. The summed E-state index contributed by atoms with van der Waals surface area (Å²) >= 11 is 2.65. The van der Waals surface area contributed by atoms with Crippen LogP contribution >= 0.6 is 23.5 Å². The highest BCUT2D eigenvalue weighted by atomic mass is 32.2. The smallest absolute Gasteiger partial charge is 0.322 e. The molecule has 0 heterocycles. The topological polar surface area (TPSA) is 457 Å². The highest BCUT2D eigenvalue weighted by molar-refractivity contribution is 7.98. The van der Waals surface area contributed by atoms with Crippen LogP contribution < -0.4 is 53.6 Å². The van der Waals surface area contributed by atoms with E-state index in [1.807, 2.05) is 5.32 Å². The van der Waals surface area contributed by atoms with E-state index in [0.29, 0.717) is 5.75 Å². The number of hydrogen-bond acceptors (Lipinski definition) is 17. The molecule has 16 N–H and O–H groups in total. The van der Waals surface area contributed by atoms with Crippen molar-refractivity contribution in [1.82, 2.24) is 47.9 Å². The summed E-state index contributed by atoms with van der Waals surface area (Å²) in [5, 5.41) is 67.8. The lowest BCUT2D eigenvalue weighted by Crippen LogP contribution is -2.61. The molecular formula is C44H74N10O18S2. The molecule has 0 radical (unpaired) electrons. The van der Waals surface area contributed by atoms with Crippen molar-refractivity contribution in [3.05, 3.63) is 0 Å². The fraction of sp³-hybridized carbons (Fsp3) is 0.705. The van der Waals surface area contributed by atoms with Gasteiger partial charge in [0.2, 0.25) is 53.2 Å². The minimum atomic E-state index is -1.76. The van der Waals surface area contributed by atoms with Gasteiger partial charge in [-0.15, -0.1) is 0 Å². The second-order valence-electron chi connectivity index (χ2n) is 17.7. The summed E-state index contributed by atoms with van der Waals surface area (Å²) in [5.41, 5.74) is 5.80. The summed E-state index contributed by atoms with van der Waals surface area (Å²) in [6.07, 6.45) is 0.658. The molecule has 9 amide bonds. The Morgan fingerprint density at radius 1 is 0.432 bits per heavy atom. The fourth-order valence-corrected chi connectivity index (χ4v) is 7.44. The molecule has 420 valence electrons. The predicted octanol–water partition coefficient (Wildman–Crippen LogP) is -3.79. The summed E-state index contributed by atoms with van der Waals surface area (Å²) in [4.78, 5) is 165. The summed E-state index contributed by atoms with van der Waals surface area (Å²) < 4.78 is 0. The third kappa shape index (κ3) is 27.7. The molecule has 0 aliphatic rings. The summed E-state index contributed by atoms with van der Waals surface area (Å²) in [5.74, 6) is -14.2. The van der Waals surface area contributed by atoms with E-state index in [0.717, 1.165) is 0 Å². The number of thioether (sulfide) groups is 2. The van der Waals surface area contributed by atoms with Crippen molar-refractivity contribution < 1.29 is 87.9 Å². The van der Waals surface area contributed by atoms with Gasteiger partial charge in [-0.05, 0) is 81.3 Å². The number of rotatable bonds is 38. The van der Waals surface area contributed by atoms with Gasteiger partial charge < -0.3 is 79.1 Å². The van der Waals surface area contributed by atoms with Crippen LogP contribution in [0.25, 0.3) is 0 Å². The van der Waals surface area contributed by atoms with Gasteiger partial charge in [0.25, 0.3) is 0 Å². The molecule has 0 saturated carbocycles. The van der Waals surface area contributed by atoms with Crippen molar-refractivity contribution in [1.29, 1.82) is 0 Å². The van der Waals surface area contributed by atoms with E-state index in [4.69, 9.17) is 21.1 Å². The van der Waals surface area contributed by atoms with E-state index in [2.05, 4.69) is 42.5 Å².